The van der Waals surface area contributed by atoms with Gasteiger partial charge in [-0.05, 0) is 36.8 Å². The van der Waals surface area contributed by atoms with Crippen molar-refractivity contribution in [2.75, 3.05) is 18.1 Å². The summed E-state index contributed by atoms with van der Waals surface area (Å²) < 4.78 is 23.3. The molecule has 2 rings (SSSR count). The smallest absolute Gasteiger partial charge is 0.310 e. The van der Waals surface area contributed by atoms with Crippen LogP contribution in [0.4, 0.5) is 11.4 Å². The van der Waals surface area contributed by atoms with E-state index in [0.717, 1.165) is 25.5 Å². The lowest BCUT2D eigenvalue weighted by Crippen LogP contribution is -2.16. The van der Waals surface area contributed by atoms with Gasteiger partial charge in [-0.2, -0.15) is 0 Å². The lowest BCUT2D eigenvalue weighted by Gasteiger charge is -2.15. The monoisotopic (exact) mass is 298 g/mol. The second kappa shape index (κ2) is 5.05. The van der Waals surface area contributed by atoms with Gasteiger partial charge < -0.3 is 5.32 Å². The summed E-state index contributed by atoms with van der Waals surface area (Å²) in [6, 6.07) is 4.35. The van der Waals surface area contributed by atoms with Crippen LogP contribution in [0.5, 0.6) is 0 Å². The molecule has 0 radical (unpaired) electrons. The highest BCUT2D eigenvalue weighted by Gasteiger charge is 2.40. The van der Waals surface area contributed by atoms with E-state index in [1.165, 1.54) is 12.1 Å². The highest BCUT2D eigenvalue weighted by Crippen LogP contribution is 2.48. The molecule has 0 aromatic heterocycles. The number of rotatable bonds is 6. The molecular weight excluding hydrogens is 280 g/mol. The molecule has 0 heterocycles. The van der Waals surface area contributed by atoms with Crippen LogP contribution in [-0.4, -0.2) is 26.1 Å². The number of hydrogen-bond acceptors (Lipinski definition) is 5. The first-order chi connectivity index (χ1) is 9.29. The number of anilines is 1. The maximum Gasteiger partial charge on any atom is 0.310 e. The highest BCUT2D eigenvalue weighted by atomic mass is 32.2. The molecule has 0 bridgehead atoms. The number of nitro groups is 1. The van der Waals surface area contributed by atoms with E-state index in [4.69, 9.17) is 0 Å². The third kappa shape index (κ3) is 2.92. The zero-order chi connectivity index (χ0) is 15.0. The fourth-order valence-corrected chi connectivity index (χ4v) is 3.13. The van der Waals surface area contributed by atoms with Gasteiger partial charge in [0.05, 0.1) is 4.92 Å². The zero-order valence-electron chi connectivity index (χ0n) is 11.5. The van der Waals surface area contributed by atoms with Crippen LogP contribution in [0.3, 0.4) is 0 Å². The van der Waals surface area contributed by atoms with E-state index in [1.807, 2.05) is 0 Å². The first kappa shape index (κ1) is 14.8. The number of nitro benzene ring substituents is 1. The first-order valence-electron chi connectivity index (χ1n) is 6.50. The van der Waals surface area contributed by atoms with Gasteiger partial charge in [0, 0.05) is 12.8 Å². The fraction of sp³-hybridized carbons (Fsp3) is 0.538. The van der Waals surface area contributed by atoms with Crippen molar-refractivity contribution in [1.29, 1.82) is 0 Å². The second-order valence-corrected chi connectivity index (χ2v) is 7.37. The molecule has 1 aliphatic carbocycles. The Labute approximate surface area is 118 Å². The van der Waals surface area contributed by atoms with Gasteiger partial charge in [-0.3, -0.25) is 10.1 Å². The maximum absolute atomic E-state index is 11.6. The van der Waals surface area contributed by atoms with E-state index < -0.39 is 14.8 Å². The second-order valence-electron chi connectivity index (χ2n) is 5.39. The predicted octanol–water partition coefficient (Wildman–Crippen LogP) is 2.60. The van der Waals surface area contributed by atoms with Gasteiger partial charge in [0.15, 0.2) is 9.84 Å². The molecule has 0 aliphatic heterocycles. The van der Waals surface area contributed by atoms with Crippen LogP contribution < -0.4 is 5.32 Å². The van der Waals surface area contributed by atoms with E-state index in [2.05, 4.69) is 12.2 Å². The van der Waals surface area contributed by atoms with Crippen LogP contribution in [0.2, 0.25) is 0 Å². The van der Waals surface area contributed by atoms with Crippen LogP contribution >= 0.6 is 0 Å². The molecule has 7 heteroatoms. The minimum absolute atomic E-state index is 0.217. The van der Waals surface area contributed by atoms with Crippen molar-refractivity contribution in [3.63, 3.8) is 0 Å². The van der Waals surface area contributed by atoms with Gasteiger partial charge in [0.1, 0.15) is 10.6 Å². The molecule has 110 valence electrons. The van der Waals surface area contributed by atoms with Crippen LogP contribution in [0.15, 0.2) is 23.1 Å². The van der Waals surface area contributed by atoms with Crippen molar-refractivity contribution >= 4 is 21.2 Å². The number of para-hydroxylation sites is 1. The normalized spacial score (nSPS) is 16.7. The summed E-state index contributed by atoms with van der Waals surface area (Å²) in [6.07, 6.45) is 4.21. The Balaban J connectivity index is 2.35. The van der Waals surface area contributed by atoms with Gasteiger partial charge in [0.25, 0.3) is 0 Å². The summed E-state index contributed by atoms with van der Waals surface area (Å²) in [4.78, 5) is 10.3. The molecular formula is C13H18N2O4S. The topological polar surface area (TPSA) is 89.3 Å². The van der Waals surface area contributed by atoms with Crippen molar-refractivity contribution in [1.82, 2.24) is 0 Å². The number of sulfone groups is 1. The minimum atomic E-state index is -3.63. The molecule has 0 saturated heterocycles. The highest BCUT2D eigenvalue weighted by molar-refractivity contribution is 7.90. The lowest BCUT2D eigenvalue weighted by molar-refractivity contribution is -0.386. The molecule has 0 amide bonds. The molecule has 1 saturated carbocycles. The van der Waals surface area contributed by atoms with Crippen LogP contribution in [0, 0.1) is 15.5 Å². The lowest BCUT2D eigenvalue weighted by atomic mass is 10.0. The molecule has 0 atom stereocenters. The van der Waals surface area contributed by atoms with E-state index in [0.29, 0.717) is 6.54 Å². The number of hydrogen-bond donors (Lipinski definition) is 1. The minimum Gasteiger partial charge on any atom is -0.379 e. The van der Waals surface area contributed by atoms with E-state index >= 15 is 0 Å². The molecule has 1 fully saturated rings. The molecule has 0 unspecified atom stereocenters. The summed E-state index contributed by atoms with van der Waals surface area (Å²) in [6.45, 7) is 2.73. The third-order valence-corrected chi connectivity index (χ3v) is 5.07. The number of benzene rings is 1. The van der Waals surface area contributed by atoms with Gasteiger partial charge in [-0.15, -0.1) is 0 Å². The van der Waals surface area contributed by atoms with Gasteiger partial charge in [0.2, 0.25) is 0 Å². The Kier molecular flexibility index (Phi) is 3.73. The molecule has 1 aliphatic rings. The fourth-order valence-electron chi connectivity index (χ4n) is 2.27. The Morgan fingerprint density at radius 3 is 2.50 bits per heavy atom. The Bertz CT molecular complexity index is 636. The standard InChI is InChI=1S/C13H18N2O4S/c1-3-13(7-8-13)9-14-10-5-4-6-11(20(2,18)19)12(10)15(16)17/h4-6,14H,3,7-9H2,1-2H3. The summed E-state index contributed by atoms with van der Waals surface area (Å²) in [5.41, 5.74) is 0.133. The van der Waals surface area contributed by atoms with Crippen molar-refractivity contribution in [3.05, 3.63) is 28.3 Å². The number of nitrogens with zero attached hydrogens (tertiary/aromatic N) is 1. The Morgan fingerprint density at radius 1 is 1.40 bits per heavy atom. The quantitative estimate of drug-likeness (QED) is 0.644. The van der Waals surface area contributed by atoms with Crippen LogP contribution in [0.1, 0.15) is 26.2 Å². The maximum atomic E-state index is 11.6. The summed E-state index contributed by atoms with van der Waals surface area (Å²) >= 11 is 0. The van der Waals surface area contributed by atoms with Gasteiger partial charge in [-0.1, -0.05) is 13.0 Å². The van der Waals surface area contributed by atoms with E-state index in [1.54, 1.807) is 6.07 Å². The van der Waals surface area contributed by atoms with Crippen molar-refractivity contribution in [3.8, 4) is 0 Å². The molecule has 6 nitrogen and oxygen atoms in total. The van der Waals surface area contributed by atoms with Crippen molar-refractivity contribution < 1.29 is 13.3 Å². The van der Waals surface area contributed by atoms with Crippen molar-refractivity contribution in [2.45, 2.75) is 31.1 Å². The van der Waals surface area contributed by atoms with Crippen molar-refractivity contribution in [2.24, 2.45) is 5.41 Å². The van der Waals surface area contributed by atoms with Crippen LogP contribution in [0.25, 0.3) is 0 Å². The van der Waals surface area contributed by atoms with E-state index in [9.17, 15) is 18.5 Å². The molecule has 1 N–H and O–H groups in total. The predicted molar refractivity (Wildman–Crippen MR) is 76.7 cm³/mol. The average Bonchev–Trinajstić information content (AvgIpc) is 3.15. The molecule has 20 heavy (non-hydrogen) atoms. The third-order valence-electron chi connectivity index (χ3n) is 3.94. The van der Waals surface area contributed by atoms with Gasteiger partial charge in [-0.25, -0.2) is 8.42 Å². The zero-order valence-corrected chi connectivity index (χ0v) is 12.4. The average molecular weight is 298 g/mol. The number of nitrogens with one attached hydrogen (secondary N) is 1. The molecule has 1 aromatic rings. The Morgan fingerprint density at radius 2 is 2.05 bits per heavy atom. The van der Waals surface area contributed by atoms with Crippen LogP contribution in [-0.2, 0) is 9.84 Å². The first-order valence-corrected chi connectivity index (χ1v) is 8.39. The Hall–Kier alpha value is -1.63. The molecule has 1 aromatic carbocycles. The van der Waals surface area contributed by atoms with E-state index in [-0.39, 0.29) is 21.7 Å². The summed E-state index contributed by atoms with van der Waals surface area (Å²) in [7, 11) is -3.63. The van der Waals surface area contributed by atoms with Gasteiger partial charge >= 0.3 is 5.69 Å². The summed E-state index contributed by atoms with van der Waals surface area (Å²) in [5.74, 6) is 0. The molecule has 0 spiro atoms. The summed E-state index contributed by atoms with van der Waals surface area (Å²) in [5, 5.41) is 14.3. The SMILES string of the molecule is CCC1(CNc2cccc(S(C)(=O)=O)c2[N+](=O)[O-])CC1. The largest absolute Gasteiger partial charge is 0.379 e.